The quantitative estimate of drug-likeness (QED) is 0.702. The number of fused-ring (bicyclic) bond motifs is 1. The molecule has 2 nitrogen and oxygen atoms in total. The average Bonchev–Trinajstić information content (AvgIpc) is 2.50. The number of hydrogen-bond donors (Lipinski definition) is 0. The number of aryl methyl sites for hydroxylation is 1. The highest BCUT2D eigenvalue weighted by atomic mass is 19.4. The molecule has 0 aliphatic heterocycles. The van der Waals surface area contributed by atoms with Gasteiger partial charge in [0.2, 0.25) is 0 Å². The van der Waals surface area contributed by atoms with Crippen molar-refractivity contribution in [3.63, 3.8) is 0 Å². The monoisotopic (exact) mass is 241 g/mol. The fourth-order valence-electron chi connectivity index (χ4n) is 1.92. The van der Waals surface area contributed by atoms with Crippen molar-refractivity contribution >= 4 is 17.2 Å². The van der Waals surface area contributed by atoms with E-state index in [0.717, 1.165) is 12.1 Å². The maximum Gasteiger partial charge on any atom is 0.416 e. The minimum absolute atomic E-state index is 0.416. The molecule has 1 aromatic heterocycles. The molecule has 0 atom stereocenters. The average molecular weight is 241 g/mol. The Balaban J connectivity index is 2.80. The smallest absolute Gasteiger partial charge is 0.347 e. The molecule has 0 aliphatic carbocycles. The summed E-state index contributed by atoms with van der Waals surface area (Å²) in [6, 6.07) is 3.40. The van der Waals surface area contributed by atoms with Crippen molar-refractivity contribution in [1.29, 1.82) is 0 Å². The standard InChI is InChI=1S/C12H10F3NO/c1-7-10(6-17)9-4-3-8(12(13,14)15)5-11(9)16(7)2/h3-6H,1-2H3. The van der Waals surface area contributed by atoms with Crippen molar-refractivity contribution in [2.24, 2.45) is 7.05 Å². The number of hydrogen-bond acceptors (Lipinski definition) is 1. The van der Waals surface area contributed by atoms with Gasteiger partial charge in [0.05, 0.1) is 5.56 Å². The van der Waals surface area contributed by atoms with Crippen molar-refractivity contribution in [2.75, 3.05) is 0 Å². The van der Waals surface area contributed by atoms with Crippen LogP contribution in [0.2, 0.25) is 0 Å². The molecule has 5 heteroatoms. The zero-order chi connectivity index (χ0) is 12.8. The number of nitrogens with zero attached hydrogens (tertiary/aromatic N) is 1. The Morgan fingerprint density at radius 2 is 1.94 bits per heavy atom. The van der Waals surface area contributed by atoms with E-state index in [0.29, 0.717) is 28.4 Å². The summed E-state index contributed by atoms with van der Waals surface area (Å²) >= 11 is 0. The number of rotatable bonds is 1. The highest BCUT2D eigenvalue weighted by molar-refractivity contribution is 5.99. The Morgan fingerprint density at radius 3 is 2.47 bits per heavy atom. The Bertz CT molecular complexity index is 596. The number of aromatic nitrogens is 1. The summed E-state index contributed by atoms with van der Waals surface area (Å²) in [6.45, 7) is 1.71. The van der Waals surface area contributed by atoms with E-state index < -0.39 is 11.7 Å². The fourth-order valence-corrected chi connectivity index (χ4v) is 1.92. The van der Waals surface area contributed by atoms with Gasteiger partial charge < -0.3 is 4.57 Å². The van der Waals surface area contributed by atoms with E-state index in [1.54, 1.807) is 18.5 Å². The molecule has 2 aromatic rings. The molecule has 1 heterocycles. The lowest BCUT2D eigenvalue weighted by Crippen LogP contribution is -2.04. The fraction of sp³-hybridized carbons (Fsp3) is 0.250. The van der Waals surface area contributed by atoms with Gasteiger partial charge in [-0.3, -0.25) is 4.79 Å². The van der Waals surface area contributed by atoms with Crippen LogP contribution in [0.1, 0.15) is 21.6 Å². The molecule has 0 saturated carbocycles. The Hall–Kier alpha value is -1.78. The van der Waals surface area contributed by atoms with E-state index in [4.69, 9.17) is 0 Å². The second kappa shape index (κ2) is 3.61. The topological polar surface area (TPSA) is 22.0 Å². The van der Waals surface area contributed by atoms with Gasteiger partial charge in [-0.1, -0.05) is 6.07 Å². The van der Waals surface area contributed by atoms with Gasteiger partial charge >= 0.3 is 6.18 Å². The van der Waals surface area contributed by atoms with Crippen LogP contribution in [0.3, 0.4) is 0 Å². The first-order valence-corrected chi connectivity index (χ1v) is 4.97. The molecule has 0 N–H and O–H groups in total. The number of aldehydes is 1. The third-order valence-electron chi connectivity index (χ3n) is 2.99. The molecule has 0 amide bonds. The van der Waals surface area contributed by atoms with Gasteiger partial charge in [0.1, 0.15) is 0 Å². The van der Waals surface area contributed by atoms with Crippen LogP contribution in [0.25, 0.3) is 10.9 Å². The van der Waals surface area contributed by atoms with Gasteiger partial charge in [0.25, 0.3) is 0 Å². The van der Waals surface area contributed by atoms with E-state index in [1.165, 1.54) is 6.07 Å². The van der Waals surface area contributed by atoms with Crippen molar-refractivity contribution < 1.29 is 18.0 Å². The summed E-state index contributed by atoms with van der Waals surface area (Å²) in [4.78, 5) is 10.9. The van der Waals surface area contributed by atoms with Crippen LogP contribution >= 0.6 is 0 Å². The first-order chi connectivity index (χ1) is 7.86. The third kappa shape index (κ3) is 1.71. The molecule has 2 rings (SSSR count). The highest BCUT2D eigenvalue weighted by Gasteiger charge is 2.31. The summed E-state index contributed by atoms with van der Waals surface area (Å²) in [5, 5.41) is 0.549. The van der Waals surface area contributed by atoms with Gasteiger partial charge in [-0.2, -0.15) is 13.2 Å². The number of carbonyl (C=O) groups is 1. The Morgan fingerprint density at radius 1 is 1.29 bits per heavy atom. The Labute approximate surface area is 95.7 Å². The summed E-state index contributed by atoms with van der Waals surface area (Å²) in [5.74, 6) is 0. The molecule has 0 fully saturated rings. The second-order valence-electron chi connectivity index (χ2n) is 3.91. The Kier molecular flexibility index (Phi) is 2.49. The van der Waals surface area contributed by atoms with Gasteiger partial charge in [-0.25, -0.2) is 0 Å². The molecule has 0 bridgehead atoms. The number of alkyl halides is 3. The third-order valence-corrected chi connectivity index (χ3v) is 2.99. The van der Waals surface area contributed by atoms with Crippen molar-refractivity contribution in [1.82, 2.24) is 4.57 Å². The molecular formula is C12H10F3NO. The predicted molar refractivity (Wildman–Crippen MR) is 58.0 cm³/mol. The molecule has 17 heavy (non-hydrogen) atoms. The zero-order valence-corrected chi connectivity index (χ0v) is 9.30. The van der Waals surface area contributed by atoms with E-state index in [9.17, 15) is 18.0 Å². The molecule has 0 saturated heterocycles. The summed E-state index contributed by atoms with van der Waals surface area (Å²) in [6.07, 6.45) is -3.70. The van der Waals surface area contributed by atoms with E-state index in [-0.39, 0.29) is 0 Å². The largest absolute Gasteiger partial charge is 0.416 e. The summed E-state index contributed by atoms with van der Waals surface area (Å²) < 4.78 is 39.3. The van der Waals surface area contributed by atoms with Crippen LogP contribution < -0.4 is 0 Å². The van der Waals surface area contributed by atoms with Gasteiger partial charge in [0, 0.05) is 29.2 Å². The second-order valence-corrected chi connectivity index (χ2v) is 3.91. The maximum atomic E-state index is 12.6. The van der Waals surface area contributed by atoms with Gasteiger partial charge in [0.15, 0.2) is 6.29 Å². The first-order valence-electron chi connectivity index (χ1n) is 4.97. The lowest BCUT2D eigenvalue weighted by Gasteiger charge is -2.07. The van der Waals surface area contributed by atoms with Crippen molar-refractivity contribution in [3.05, 3.63) is 35.0 Å². The van der Waals surface area contributed by atoms with Crippen LogP contribution in [0.5, 0.6) is 0 Å². The lowest BCUT2D eigenvalue weighted by atomic mass is 10.1. The van der Waals surface area contributed by atoms with Crippen LogP contribution in [0.4, 0.5) is 13.2 Å². The van der Waals surface area contributed by atoms with Crippen molar-refractivity contribution in [2.45, 2.75) is 13.1 Å². The van der Waals surface area contributed by atoms with Crippen LogP contribution in [0, 0.1) is 6.92 Å². The lowest BCUT2D eigenvalue weighted by molar-refractivity contribution is -0.137. The molecular weight excluding hydrogens is 231 g/mol. The molecule has 0 unspecified atom stereocenters. The molecule has 0 spiro atoms. The number of carbonyl (C=O) groups excluding carboxylic acids is 1. The van der Waals surface area contributed by atoms with Crippen molar-refractivity contribution in [3.8, 4) is 0 Å². The molecule has 0 radical (unpaired) electrons. The van der Waals surface area contributed by atoms with Gasteiger partial charge in [-0.15, -0.1) is 0 Å². The highest BCUT2D eigenvalue weighted by Crippen LogP contribution is 2.33. The van der Waals surface area contributed by atoms with E-state index >= 15 is 0 Å². The number of benzene rings is 1. The molecule has 1 aromatic carbocycles. The molecule has 90 valence electrons. The van der Waals surface area contributed by atoms with E-state index in [1.807, 2.05) is 0 Å². The minimum Gasteiger partial charge on any atom is -0.347 e. The minimum atomic E-state index is -4.37. The van der Waals surface area contributed by atoms with Crippen LogP contribution in [0.15, 0.2) is 18.2 Å². The summed E-state index contributed by atoms with van der Waals surface area (Å²) in [5.41, 5.74) is 0.813. The SMILES string of the molecule is Cc1c(C=O)c2ccc(C(F)(F)F)cc2n1C. The normalized spacial score (nSPS) is 12.1. The predicted octanol–water partition coefficient (Wildman–Crippen LogP) is 3.32. The summed E-state index contributed by atoms with van der Waals surface area (Å²) in [7, 11) is 1.64. The molecule has 0 aliphatic rings. The van der Waals surface area contributed by atoms with Crippen LogP contribution in [-0.2, 0) is 13.2 Å². The number of halogens is 3. The first kappa shape index (κ1) is 11.7. The van der Waals surface area contributed by atoms with Crippen LogP contribution in [-0.4, -0.2) is 10.9 Å². The zero-order valence-electron chi connectivity index (χ0n) is 9.30. The van der Waals surface area contributed by atoms with Gasteiger partial charge in [-0.05, 0) is 19.1 Å². The van der Waals surface area contributed by atoms with E-state index in [2.05, 4.69) is 0 Å². The maximum absolute atomic E-state index is 12.6.